The fraction of sp³-hybridized carbons (Fsp3) is 0.326. The van der Waals surface area contributed by atoms with Crippen molar-refractivity contribution >= 4 is 23.2 Å². The molecular formula is C43H40F4N4O2. The lowest BCUT2D eigenvalue weighted by molar-refractivity contribution is -0.135. The molecule has 1 N–H and O–H groups in total. The smallest absolute Gasteiger partial charge is 0.389 e. The Morgan fingerprint density at radius 3 is 2.45 bits per heavy atom. The van der Waals surface area contributed by atoms with E-state index in [9.17, 15) is 17.6 Å². The molecule has 10 heteroatoms. The Hall–Kier alpha value is -5.25. The van der Waals surface area contributed by atoms with Gasteiger partial charge in [-0.3, -0.25) is 4.99 Å². The maximum Gasteiger partial charge on any atom is 0.389 e. The third kappa shape index (κ3) is 7.24. The molecule has 53 heavy (non-hydrogen) atoms. The highest BCUT2D eigenvalue weighted by Crippen LogP contribution is 2.51. The van der Waals surface area contributed by atoms with Crippen molar-refractivity contribution in [3.63, 3.8) is 0 Å². The number of ether oxygens (including phenoxy) is 1. The first-order valence-electron chi connectivity index (χ1n) is 18.4. The molecule has 8 rings (SSSR count). The van der Waals surface area contributed by atoms with E-state index < -0.39 is 18.1 Å². The van der Waals surface area contributed by atoms with E-state index in [1.165, 1.54) is 11.6 Å². The predicted octanol–water partition coefficient (Wildman–Crippen LogP) is 10.6. The second-order valence-electron chi connectivity index (χ2n) is 14.1. The van der Waals surface area contributed by atoms with Crippen LogP contribution >= 0.6 is 0 Å². The number of alkyl halides is 3. The maximum absolute atomic E-state index is 14.8. The number of hydrogen-bond acceptors (Lipinski definition) is 6. The van der Waals surface area contributed by atoms with Crippen molar-refractivity contribution in [2.24, 2.45) is 9.98 Å². The van der Waals surface area contributed by atoms with Crippen LogP contribution in [0.1, 0.15) is 86.2 Å². The Morgan fingerprint density at radius 1 is 0.887 bits per heavy atom. The van der Waals surface area contributed by atoms with Gasteiger partial charge < -0.3 is 14.6 Å². The first kappa shape index (κ1) is 34.8. The molecule has 0 bridgehead atoms. The zero-order chi connectivity index (χ0) is 36.4. The number of rotatable bonds is 14. The van der Waals surface area contributed by atoms with Gasteiger partial charge >= 0.3 is 6.18 Å². The van der Waals surface area contributed by atoms with Crippen molar-refractivity contribution in [2.75, 3.05) is 6.61 Å². The van der Waals surface area contributed by atoms with Gasteiger partial charge in [-0.15, -0.1) is 0 Å². The molecule has 0 fully saturated rings. The summed E-state index contributed by atoms with van der Waals surface area (Å²) in [5, 5.41) is 7.86. The topological polar surface area (TPSA) is 72.0 Å². The number of unbranched alkanes of at least 4 members (excludes halogenated alkanes) is 6. The second kappa shape index (κ2) is 14.6. The highest BCUT2D eigenvalue weighted by molar-refractivity contribution is 6.15. The van der Waals surface area contributed by atoms with Crippen LogP contribution in [-0.2, 0) is 0 Å². The number of amidine groups is 1. The van der Waals surface area contributed by atoms with Crippen LogP contribution in [-0.4, -0.2) is 41.1 Å². The molecular weight excluding hydrogens is 680 g/mol. The van der Waals surface area contributed by atoms with E-state index in [4.69, 9.17) is 19.2 Å². The van der Waals surface area contributed by atoms with Crippen molar-refractivity contribution in [1.82, 2.24) is 10.5 Å². The summed E-state index contributed by atoms with van der Waals surface area (Å²) in [6.07, 6.45) is 9.56. The molecule has 2 aliphatic heterocycles. The third-order valence-corrected chi connectivity index (χ3v) is 10.6. The number of benzene rings is 3. The monoisotopic (exact) mass is 720 g/mol. The van der Waals surface area contributed by atoms with Crippen LogP contribution in [0.3, 0.4) is 0 Å². The molecule has 1 spiro atoms. The summed E-state index contributed by atoms with van der Waals surface area (Å²) in [5.41, 5.74) is 6.42. The van der Waals surface area contributed by atoms with E-state index in [0.29, 0.717) is 36.6 Å². The Kier molecular flexibility index (Phi) is 9.62. The van der Waals surface area contributed by atoms with Crippen LogP contribution in [0.5, 0.6) is 5.75 Å². The van der Waals surface area contributed by atoms with Crippen molar-refractivity contribution in [1.29, 1.82) is 0 Å². The fourth-order valence-electron chi connectivity index (χ4n) is 7.93. The highest BCUT2D eigenvalue weighted by atomic mass is 19.4. The lowest BCUT2D eigenvalue weighted by Gasteiger charge is -2.27. The lowest BCUT2D eigenvalue weighted by Crippen LogP contribution is -2.37. The summed E-state index contributed by atoms with van der Waals surface area (Å²) >= 11 is 0. The van der Waals surface area contributed by atoms with Gasteiger partial charge in [0.1, 0.15) is 28.6 Å². The van der Waals surface area contributed by atoms with Gasteiger partial charge in [-0.25, -0.2) is 9.38 Å². The standard InChI is InChI=1S/C43H40F4N4O2/c44-34-16-9-8-15-32(34)41-49-39-18-12-17-38-42(39,50-41)27-36(48-38)40-31-14-7-6-13-29(31)25-33(40)37-26-35(51-53-37)28-19-21-30(22-20-28)52-24-11-5-3-1-2-4-10-23-43(45,46)47/h6-9,12-22,25-26,36,40H,1-5,10-11,23-24,27H2,(H,49,50). The van der Waals surface area contributed by atoms with Gasteiger partial charge in [-0.2, -0.15) is 13.2 Å². The fourth-order valence-corrected chi connectivity index (χ4v) is 7.93. The zero-order valence-electron chi connectivity index (χ0n) is 29.2. The van der Waals surface area contributed by atoms with E-state index >= 15 is 0 Å². The maximum atomic E-state index is 14.8. The average molecular weight is 721 g/mol. The van der Waals surface area contributed by atoms with Crippen molar-refractivity contribution in [3.05, 3.63) is 131 Å². The van der Waals surface area contributed by atoms with E-state index in [1.807, 2.05) is 60.7 Å². The van der Waals surface area contributed by atoms with Crippen molar-refractivity contribution in [2.45, 2.75) is 81.5 Å². The van der Waals surface area contributed by atoms with E-state index in [-0.39, 0.29) is 24.2 Å². The highest BCUT2D eigenvalue weighted by Gasteiger charge is 2.53. The van der Waals surface area contributed by atoms with Gasteiger partial charge in [-0.05, 0) is 78.6 Å². The minimum atomic E-state index is -4.05. The van der Waals surface area contributed by atoms with Crippen LogP contribution in [0.15, 0.2) is 117 Å². The molecule has 0 amide bonds. The molecule has 6 nitrogen and oxygen atoms in total. The Bertz CT molecular complexity index is 2130. The summed E-state index contributed by atoms with van der Waals surface area (Å²) in [6, 6.07) is 24.7. The molecule has 0 saturated carbocycles. The van der Waals surface area contributed by atoms with Crippen molar-refractivity contribution < 1.29 is 26.8 Å². The third-order valence-electron chi connectivity index (χ3n) is 10.6. The average Bonchev–Trinajstić information content (AvgIpc) is 3.94. The SMILES string of the molecule is Fc1ccccc1C1=NC23CC(C4C(c5cc(-c6ccc(OCCCCCCCCCC(F)(F)F)cc6)no5)=Cc5ccccc54)N=C2C=CC=C3N1. The summed E-state index contributed by atoms with van der Waals surface area (Å²) in [5.74, 6) is 1.55. The van der Waals surface area contributed by atoms with Gasteiger partial charge in [0.15, 0.2) is 5.76 Å². The Balaban J connectivity index is 0.921. The Morgan fingerprint density at radius 2 is 1.64 bits per heavy atom. The number of halogens is 4. The molecule has 4 aliphatic rings. The number of aliphatic imine (C=N–C) groups is 2. The number of nitrogens with zero attached hydrogens (tertiary/aromatic N) is 3. The van der Waals surface area contributed by atoms with Crippen LogP contribution in [0.25, 0.3) is 22.9 Å². The molecule has 4 aromatic rings. The number of allylic oxidation sites excluding steroid dienone is 2. The molecule has 3 unspecified atom stereocenters. The van der Waals surface area contributed by atoms with E-state index in [0.717, 1.165) is 71.7 Å². The zero-order valence-corrected chi connectivity index (χ0v) is 29.2. The molecule has 3 heterocycles. The lowest BCUT2D eigenvalue weighted by atomic mass is 9.79. The minimum absolute atomic E-state index is 0.0907. The molecule has 1 aromatic heterocycles. The van der Waals surface area contributed by atoms with Gasteiger partial charge in [0, 0.05) is 36.0 Å². The minimum Gasteiger partial charge on any atom is -0.494 e. The van der Waals surface area contributed by atoms with Crippen LogP contribution < -0.4 is 10.1 Å². The van der Waals surface area contributed by atoms with Gasteiger partial charge in [0.05, 0.1) is 29.6 Å². The number of hydrogen-bond donors (Lipinski definition) is 1. The summed E-state index contributed by atoms with van der Waals surface area (Å²) in [6.45, 7) is 0.586. The van der Waals surface area contributed by atoms with Gasteiger partial charge in [0.25, 0.3) is 0 Å². The van der Waals surface area contributed by atoms with E-state index in [1.54, 1.807) is 12.1 Å². The van der Waals surface area contributed by atoms with Gasteiger partial charge in [-0.1, -0.05) is 79.7 Å². The van der Waals surface area contributed by atoms with Crippen LogP contribution in [0.4, 0.5) is 17.6 Å². The van der Waals surface area contributed by atoms with Crippen LogP contribution in [0, 0.1) is 5.82 Å². The summed E-state index contributed by atoms with van der Waals surface area (Å²) in [7, 11) is 0. The molecule has 2 aliphatic carbocycles. The predicted molar refractivity (Wildman–Crippen MR) is 199 cm³/mol. The number of aromatic nitrogens is 1. The summed E-state index contributed by atoms with van der Waals surface area (Å²) < 4.78 is 63.6. The summed E-state index contributed by atoms with van der Waals surface area (Å²) in [4.78, 5) is 10.4. The molecule has 3 aromatic carbocycles. The second-order valence-corrected chi connectivity index (χ2v) is 14.1. The number of fused-ring (bicyclic) bond motifs is 1. The van der Waals surface area contributed by atoms with Crippen LogP contribution in [0.2, 0.25) is 0 Å². The molecule has 272 valence electrons. The number of nitrogens with one attached hydrogen (secondary N) is 1. The normalized spacial score (nSPS) is 21.3. The largest absolute Gasteiger partial charge is 0.494 e. The first-order chi connectivity index (χ1) is 25.8. The van der Waals surface area contributed by atoms with E-state index in [2.05, 4.69) is 34.7 Å². The first-order valence-corrected chi connectivity index (χ1v) is 18.4. The van der Waals surface area contributed by atoms with Gasteiger partial charge in [0.2, 0.25) is 0 Å². The van der Waals surface area contributed by atoms with Crippen molar-refractivity contribution in [3.8, 4) is 17.0 Å². The quantitative estimate of drug-likeness (QED) is 0.104. The molecule has 0 radical (unpaired) electrons. The molecule has 3 atom stereocenters. The Labute approximate surface area is 306 Å². The molecule has 0 saturated heterocycles.